The van der Waals surface area contributed by atoms with Crippen LogP contribution in [0.1, 0.15) is 19.3 Å². The minimum Gasteiger partial charge on any atom is -0.369 e. The van der Waals surface area contributed by atoms with Gasteiger partial charge in [-0.3, -0.25) is 0 Å². The molecule has 0 unspecified atom stereocenters. The number of rotatable bonds is 6. The van der Waals surface area contributed by atoms with Gasteiger partial charge in [0.1, 0.15) is 23.2 Å². The van der Waals surface area contributed by atoms with Crippen LogP contribution in [0.5, 0.6) is 0 Å². The highest BCUT2D eigenvalue weighted by Crippen LogP contribution is 2.31. The molecule has 0 atom stereocenters. The van der Waals surface area contributed by atoms with Crippen LogP contribution in [0, 0.1) is 0 Å². The second-order valence-electron chi connectivity index (χ2n) is 6.27. The summed E-state index contributed by atoms with van der Waals surface area (Å²) in [5.74, 6) is 0.762. The molecule has 25 heavy (non-hydrogen) atoms. The molecule has 2 aromatic heterocycles. The summed E-state index contributed by atoms with van der Waals surface area (Å²) in [4.78, 5) is 11.1. The predicted molar refractivity (Wildman–Crippen MR) is 98.8 cm³/mol. The van der Waals surface area contributed by atoms with Crippen molar-refractivity contribution < 1.29 is 4.52 Å². The number of fused-ring (bicyclic) bond motifs is 1. The number of benzene rings is 1. The molecule has 1 N–H and O–H groups in total. The fourth-order valence-corrected chi connectivity index (χ4v) is 3.37. The van der Waals surface area contributed by atoms with Crippen molar-refractivity contribution in [2.75, 3.05) is 31.5 Å². The van der Waals surface area contributed by atoms with Crippen LogP contribution in [0.4, 0.5) is 5.82 Å². The lowest BCUT2D eigenvalue weighted by Gasteiger charge is -2.14. The Morgan fingerprint density at radius 2 is 1.92 bits per heavy atom. The van der Waals surface area contributed by atoms with E-state index < -0.39 is 0 Å². The summed E-state index contributed by atoms with van der Waals surface area (Å²) in [7, 11) is 0. The number of anilines is 1. The lowest BCUT2D eigenvalue weighted by molar-refractivity contribution is 0.337. The summed E-state index contributed by atoms with van der Waals surface area (Å²) < 4.78 is 5.38. The molecule has 0 saturated carbocycles. The highest BCUT2D eigenvalue weighted by atomic mass is 35.5. The Labute approximate surface area is 151 Å². The maximum Gasteiger partial charge on any atom is 0.263 e. The zero-order valence-corrected chi connectivity index (χ0v) is 14.7. The number of hydrogen-bond acceptors (Lipinski definition) is 6. The van der Waals surface area contributed by atoms with Crippen LogP contribution in [0.2, 0.25) is 5.02 Å². The topological polar surface area (TPSA) is 67.1 Å². The smallest absolute Gasteiger partial charge is 0.263 e. The molecule has 6 nitrogen and oxygen atoms in total. The number of halogens is 1. The van der Waals surface area contributed by atoms with Crippen molar-refractivity contribution in [3.63, 3.8) is 0 Å². The number of nitrogens with zero attached hydrogens (tertiary/aromatic N) is 4. The summed E-state index contributed by atoms with van der Waals surface area (Å²) in [6.07, 6.45) is 5.23. The van der Waals surface area contributed by atoms with E-state index in [0.717, 1.165) is 42.0 Å². The second-order valence-corrected chi connectivity index (χ2v) is 6.71. The molecule has 4 rings (SSSR count). The monoisotopic (exact) mass is 357 g/mol. The summed E-state index contributed by atoms with van der Waals surface area (Å²) in [5, 5.41) is 9.09. The first kappa shape index (κ1) is 16.3. The SMILES string of the molecule is Clc1ccc(-c2noc3ncnc(NCCCN4CCCC4)c23)cc1. The van der Waals surface area contributed by atoms with Gasteiger partial charge in [-0.05, 0) is 51.0 Å². The maximum absolute atomic E-state index is 5.98. The van der Waals surface area contributed by atoms with Gasteiger partial charge >= 0.3 is 0 Å². The lowest BCUT2D eigenvalue weighted by atomic mass is 10.1. The van der Waals surface area contributed by atoms with Gasteiger partial charge in [0.05, 0.1) is 0 Å². The van der Waals surface area contributed by atoms with Crippen LogP contribution in [0.3, 0.4) is 0 Å². The third-order valence-electron chi connectivity index (χ3n) is 4.53. The maximum atomic E-state index is 5.98. The standard InChI is InChI=1S/C18H20ClN5O/c19-14-6-4-13(5-7-14)16-15-17(21-12-22-18(15)25-23-16)20-8-3-11-24-9-1-2-10-24/h4-7,12H,1-3,8-11H2,(H,20,21,22). The third-order valence-corrected chi connectivity index (χ3v) is 4.78. The Bertz CT molecular complexity index is 842. The van der Waals surface area contributed by atoms with Crippen molar-refractivity contribution >= 4 is 28.5 Å². The second kappa shape index (κ2) is 7.37. The van der Waals surface area contributed by atoms with E-state index in [9.17, 15) is 0 Å². The zero-order valence-electron chi connectivity index (χ0n) is 13.9. The lowest BCUT2D eigenvalue weighted by Crippen LogP contribution is -2.22. The molecule has 1 saturated heterocycles. The van der Waals surface area contributed by atoms with Crippen LogP contribution in [0.15, 0.2) is 35.1 Å². The predicted octanol–water partition coefficient (Wildman–Crippen LogP) is 3.84. The summed E-state index contributed by atoms with van der Waals surface area (Å²) >= 11 is 5.98. The van der Waals surface area contributed by atoms with E-state index in [2.05, 4.69) is 25.3 Å². The van der Waals surface area contributed by atoms with Gasteiger partial charge in [-0.2, -0.15) is 4.98 Å². The molecule has 0 spiro atoms. The van der Waals surface area contributed by atoms with Gasteiger partial charge in [-0.25, -0.2) is 4.98 Å². The van der Waals surface area contributed by atoms with E-state index in [0.29, 0.717) is 10.7 Å². The molecule has 3 aromatic rings. The van der Waals surface area contributed by atoms with Crippen molar-refractivity contribution in [1.29, 1.82) is 0 Å². The van der Waals surface area contributed by atoms with Gasteiger partial charge in [-0.15, -0.1) is 0 Å². The number of hydrogen-bond donors (Lipinski definition) is 1. The average Bonchev–Trinajstić information content (AvgIpc) is 3.29. The van der Waals surface area contributed by atoms with E-state index >= 15 is 0 Å². The first-order chi connectivity index (χ1) is 12.3. The molecule has 1 aliphatic heterocycles. The van der Waals surface area contributed by atoms with E-state index in [1.54, 1.807) is 0 Å². The van der Waals surface area contributed by atoms with E-state index in [1.165, 1.54) is 32.3 Å². The van der Waals surface area contributed by atoms with E-state index in [-0.39, 0.29) is 0 Å². The molecule has 1 aliphatic rings. The Morgan fingerprint density at radius 3 is 2.72 bits per heavy atom. The van der Waals surface area contributed by atoms with Crippen LogP contribution in [-0.2, 0) is 0 Å². The van der Waals surface area contributed by atoms with Gasteiger partial charge in [0, 0.05) is 17.1 Å². The summed E-state index contributed by atoms with van der Waals surface area (Å²) in [5.41, 5.74) is 2.15. The molecule has 0 amide bonds. The first-order valence-corrected chi connectivity index (χ1v) is 9.01. The Morgan fingerprint density at radius 1 is 1.12 bits per heavy atom. The van der Waals surface area contributed by atoms with E-state index in [4.69, 9.17) is 16.1 Å². The quantitative estimate of drug-likeness (QED) is 0.676. The van der Waals surface area contributed by atoms with Crippen LogP contribution < -0.4 is 5.32 Å². The Hall–Kier alpha value is -2.18. The van der Waals surface area contributed by atoms with Gasteiger partial charge in [0.2, 0.25) is 0 Å². The van der Waals surface area contributed by atoms with Crippen molar-refractivity contribution in [2.24, 2.45) is 0 Å². The number of aromatic nitrogens is 3. The van der Waals surface area contributed by atoms with Gasteiger partial charge < -0.3 is 14.7 Å². The molecule has 1 fully saturated rings. The molecular formula is C18H20ClN5O. The molecule has 7 heteroatoms. The minimum atomic E-state index is 0.488. The number of likely N-dealkylation sites (tertiary alicyclic amines) is 1. The van der Waals surface area contributed by atoms with Crippen LogP contribution in [0.25, 0.3) is 22.4 Å². The van der Waals surface area contributed by atoms with Gasteiger partial charge in [0.25, 0.3) is 5.71 Å². The summed E-state index contributed by atoms with van der Waals surface area (Å²) in [6, 6.07) is 7.52. The van der Waals surface area contributed by atoms with Gasteiger partial charge in [-0.1, -0.05) is 28.9 Å². The Balaban J connectivity index is 1.52. The molecule has 0 bridgehead atoms. The largest absolute Gasteiger partial charge is 0.369 e. The summed E-state index contributed by atoms with van der Waals surface area (Å²) in [6.45, 7) is 4.43. The molecule has 1 aromatic carbocycles. The Kier molecular flexibility index (Phi) is 4.81. The first-order valence-electron chi connectivity index (χ1n) is 8.64. The van der Waals surface area contributed by atoms with Gasteiger partial charge in [0.15, 0.2) is 0 Å². The molecule has 0 aliphatic carbocycles. The van der Waals surface area contributed by atoms with Crippen molar-refractivity contribution in [3.8, 4) is 11.3 Å². The average molecular weight is 358 g/mol. The fraction of sp³-hybridized carbons (Fsp3) is 0.389. The highest BCUT2D eigenvalue weighted by molar-refractivity contribution is 6.30. The normalized spacial score (nSPS) is 15.1. The molecule has 130 valence electrons. The molecule has 0 radical (unpaired) electrons. The van der Waals surface area contributed by atoms with Crippen molar-refractivity contribution in [1.82, 2.24) is 20.0 Å². The molecule has 3 heterocycles. The van der Waals surface area contributed by atoms with Crippen LogP contribution in [-0.4, -0.2) is 46.2 Å². The highest BCUT2D eigenvalue weighted by Gasteiger charge is 2.17. The van der Waals surface area contributed by atoms with Crippen molar-refractivity contribution in [3.05, 3.63) is 35.6 Å². The van der Waals surface area contributed by atoms with Crippen LogP contribution >= 0.6 is 11.6 Å². The fourth-order valence-electron chi connectivity index (χ4n) is 3.24. The molecular weight excluding hydrogens is 338 g/mol. The minimum absolute atomic E-state index is 0.488. The van der Waals surface area contributed by atoms with E-state index in [1.807, 2.05) is 24.3 Å². The zero-order chi connectivity index (χ0) is 17.1. The third kappa shape index (κ3) is 3.60. The number of nitrogens with one attached hydrogen (secondary N) is 1. The van der Waals surface area contributed by atoms with Crippen molar-refractivity contribution in [2.45, 2.75) is 19.3 Å².